The number of rotatable bonds is 47. The van der Waals surface area contributed by atoms with E-state index in [-0.39, 0.29) is 19.6 Å². The number of carbonyl (C=O) groups is 1. The monoisotopic (exact) mass is 983 g/mol. The minimum atomic E-state index is -5.07. The van der Waals surface area contributed by atoms with Gasteiger partial charge < -0.3 is 34.3 Å². The largest absolute Gasteiger partial charge is 0.457 e. The lowest BCUT2D eigenvalue weighted by molar-refractivity contribution is -0.301. The highest BCUT2D eigenvalue weighted by molar-refractivity contribution is 7.80. The van der Waals surface area contributed by atoms with E-state index in [0.29, 0.717) is 13.0 Å². The molecule has 1 aliphatic rings. The van der Waals surface area contributed by atoms with E-state index in [2.05, 4.69) is 78.8 Å². The van der Waals surface area contributed by atoms with Crippen LogP contribution in [0.5, 0.6) is 0 Å². The summed E-state index contributed by atoms with van der Waals surface area (Å²) < 4.78 is 59.3. The normalized spacial score (nSPS) is 19.8. The molecule has 1 heterocycles. The van der Waals surface area contributed by atoms with E-state index in [1.54, 1.807) is 0 Å². The Kier molecular flexibility index (Phi) is 43.1. The Bertz CT molecular complexity index is 1410. The Morgan fingerprint density at radius 2 is 1.01 bits per heavy atom. The van der Waals surface area contributed by atoms with E-state index < -0.39 is 59.8 Å². The van der Waals surface area contributed by atoms with Gasteiger partial charge in [-0.1, -0.05) is 197 Å². The second kappa shape index (κ2) is 45.9. The number of carbonyl (C=O) groups excluding carboxylic acids is 1. The summed E-state index contributed by atoms with van der Waals surface area (Å²) in [6.45, 7) is 3.86. The Morgan fingerprint density at radius 1 is 0.574 bits per heavy atom. The van der Waals surface area contributed by atoms with Crippen molar-refractivity contribution in [1.29, 1.82) is 0 Å². The van der Waals surface area contributed by atoms with Gasteiger partial charge in [-0.25, -0.2) is 4.18 Å². The molecule has 0 radical (unpaired) electrons. The molecule has 1 fully saturated rings. The van der Waals surface area contributed by atoms with Crippen molar-refractivity contribution in [1.82, 2.24) is 0 Å². The van der Waals surface area contributed by atoms with Crippen molar-refractivity contribution >= 4 is 16.4 Å². The Labute approximate surface area is 414 Å². The lowest BCUT2D eigenvalue weighted by Crippen LogP contribution is -2.60. The molecule has 68 heavy (non-hydrogen) atoms. The number of aliphatic hydroxyl groups is 3. The first-order valence-corrected chi connectivity index (χ1v) is 28.4. The summed E-state index contributed by atoms with van der Waals surface area (Å²) >= 11 is 0. The fourth-order valence-electron chi connectivity index (χ4n) is 8.07. The zero-order chi connectivity index (χ0) is 49.6. The molecule has 0 bridgehead atoms. The molecule has 0 saturated carbocycles. The minimum absolute atomic E-state index is 0.0256. The van der Waals surface area contributed by atoms with Gasteiger partial charge >= 0.3 is 16.4 Å². The molecule has 12 nitrogen and oxygen atoms in total. The maximum atomic E-state index is 12.9. The summed E-state index contributed by atoms with van der Waals surface area (Å²) in [4.78, 5) is 12.9. The van der Waals surface area contributed by atoms with Crippen LogP contribution in [0.3, 0.4) is 0 Å². The maximum Gasteiger partial charge on any atom is 0.397 e. The van der Waals surface area contributed by atoms with Gasteiger partial charge in [-0.3, -0.25) is 9.35 Å². The Hall–Kier alpha value is -2.20. The van der Waals surface area contributed by atoms with Gasteiger partial charge in [0.05, 0.1) is 19.8 Å². The molecule has 0 amide bonds. The van der Waals surface area contributed by atoms with Crippen molar-refractivity contribution in [2.45, 2.75) is 256 Å². The first-order chi connectivity index (χ1) is 33.1. The molecular weight excluding hydrogens is 885 g/mol. The van der Waals surface area contributed by atoms with E-state index in [1.165, 1.54) is 116 Å². The van der Waals surface area contributed by atoms with E-state index in [0.717, 1.165) is 77.0 Å². The summed E-state index contributed by atoms with van der Waals surface area (Å²) in [6, 6.07) is 0. The molecular formula is C55H98O12S. The van der Waals surface area contributed by atoms with Crippen LogP contribution in [0.25, 0.3) is 0 Å². The number of allylic oxidation sites excluding steroid dienone is 10. The highest BCUT2D eigenvalue weighted by Crippen LogP contribution is 2.26. The van der Waals surface area contributed by atoms with Gasteiger partial charge in [0.2, 0.25) is 0 Å². The van der Waals surface area contributed by atoms with E-state index >= 15 is 0 Å². The highest BCUT2D eigenvalue weighted by atomic mass is 32.3. The number of unbranched alkanes of at least 4 members (excludes halogenated alkanes) is 24. The average molecular weight is 983 g/mol. The third-order valence-corrected chi connectivity index (χ3v) is 12.6. The number of hydrogen-bond acceptors (Lipinski definition) is 11. The van der Waals surface area contributed by atoms with Crippen molar-refractivity contribution in [2.75, 3.05) is 26.4 Å². The average Bonchev–Trinajstić information content (AvgIpc) is 3.31. The molecule has 396 valence electrons. The number of ether oxygens (including phenoxy) is 4. The fourth-order valence-corrected chi connectivity index (χ4v) is 8.58. The zero-order valence-electron chi connectivity index (χ0n) is 42.7. The van der Waals surface area contributed by atoms with Crippen molar-refractivity contribution < 1.29 is 56.2 Å². The fraction of sp³-hybridized carbons (Fsp3) is 0.800. The summed E-state index contributed by atoms with van der Waals surface area (Å²) in [5, 5.41) is 30.8. The Morgan fingerprint density at radius 3 is 1.49 bits per heavy atom. The quantitative estimate of drug-likeness (QED) is 0.0197. The first-order valence-electron chi connectivity index (χ1n) is 27.0. The third kappa shape index (κ3) is 38.5. The maximum absolute atomic E-state index is 12.9. The molecule has 0 aliphatic carbocycles. The van der Waals surface area contributed by atoms with Gasteiger partial charge in [0, 0.05) is 13.0 Å². The van der Waals surface area contributed by atoms with Crippen molar-refractivity contribution in [2.24, 2.45) is 0 Å². The van der Waals surface area contributed by atoms with Crippen molar-refractivity contribution in [3.05, 3.63) is 60.8 Å². The second-order valence-electron chi connectivity index (χ2n) is 18.4. The molecule has 1 rings (SSSR count). The van der Waals surface area contributed by atoms with E-state index in [4.69, 9.17) is 18.9 Å². The smallest absolute Gasteiger partial charge is 0.397 e. The molecule has 1 saturated heterocycles. The van der Waals surface area contributed by atoms with Gasteiger partial charge in [0.1, 0.15) is 30.5 Å². The lowest BCUT2D eigenvalue weighted by atomic mass is 9.99. The van der Waals surface area contributed by atoms with Gasteiger partial charge in [-0.2, -0.15) is 8.42 Å². The molecule has 4 N–H and O–H groups in total. The van der Waals surface area contributed by atoms with Crippen LogP contribution in [-0.4, -0.2) is 97.5 Å². The molecule has 6 unspecified atom stereocenters. The molecule has 13 heteroatoms. The zero-order valence-corrected chi connectivity index (χ0v) is 43.5. The molecule has 0 spiro atoms. The summed E-state index contributed by atoms with van der Waals surface area (Å²) in [6.07, 6.45) is 49.7. The van der Waals surface area contributed by atoms with Crippen LogP contribution in [-0.2, 0) is 38.3 Å². The molecule has 0 aromatic rings. The van der Waals surface area contributed by atoms with Crippen LogP contribution in [0.4, 0.5) is 0 Å². The highest BCUT2D eigenvalue weighted by Gasteiger charge is 2.48. The summed E-state index contributed by atoms with van der Waals surface area (Å²) in [7, 11) is -5.07. The topological polar surface area (TPSA) is 178 Å². The van der Waals surface area contributed by atoms with E-state index in [9.17, 15) is 33.1 Å². The van der Waals surface area contributed by atoms with Crippen LogP contribution >= 0.6 is 0 Å². The lowest BCUT2D eigenvalue weighted by Gasteiger charge is -2.41. The van der Waals surface area contributed by atoms with Crippen molar-refractivity contribution in [3.63, 3.8) is 0 Å². The summed E-state index contributed by atoms with van der Waals surface area (Å²) in [5.74, 6) is -0.405. The third-order valence-electron chi connectivity index (χ3n) is 12.1. The first kappa shape index (κ1) is 63.8. The van der Waals surface area contributed by atoms with Crippen LogP contribution in [0, 0.1) is 0 Å². The van der Waals surface area contributed by atoms with Crippen LogP contribution in [0.15, 0.2) is 60.8 Å². The minimum Gasteiger partial charge on any atom is -0.457 e. The number of aliphatic hydroxyl groups excluding tert-OH is 3. The molecule has 1 aliphatic heterocycles. The van der Waals surface area contributed by atoms with Gasteiger partial charge in [-0.15, -0.1) is 0 Å². The molecule has 0 aromatic heterocycles. The summed E-state index contributed by atoms with van der Waals surface area (Å²) in [5.41, 5.74) is 0. The molecule has 0 aromatic carbocycles. The van der Waals surface area contributed by atoms with Crippen LogP contribution in [0.2, 0.25) is 0 Å². The van der Waals surface area contributed by atoms with E-state index in [1.807, 2.05) is 0 Å². The Balaban J connectivity index is 2.31. The van der Waals surface area contributed by atoms with Gasteiger partial charge in [-0.05, 0) is 77.0 Å². The number of hydrogen-bond donors (Lipinski definition) is 4. The van der Waals surface area contributed by atoms with Gasteiger partial charge in [0.15, 0.2) is 6.29 Å². The predicted molar refractivity (Wildman–Crippen MR) is 276 cm³/mol. The predicted octanol–water partition coefficient (Wildman–Crippen LogP) is 12.9. The second-order valence-corrected chi connectivity index (χ2v) is 19.5. The van der Waals surface area contributed by atoms with Crippen molar-refractivity contribution in [3.8, 4) is 0 Å². The van der Waals surface area contributed by atoms with Crippen LogP contribution in [0.1, 0.15) is 219 Å². The SMILES string of the molecule is CC/C=C\C/C=C\C/C=C\CCCCCCCCOCC(COC1OC(CO)C(O)C(OS(=O)(=O)O)C1O)OC(=O)CCCCCCCCCCCCCCC/C=C\C/C=C\CCCCCCC. The number of esters is 1. The molecule has 6 atom stereocenters. The standard InChI is InChI=1S/C55H98O12S/c1-3-5-7-9-11-13-15-17-19-21-22-23-24-25-26-27-28-29-30-32-34-36-38-40-42-44-51(57)65-49(48-64-55-53(59)54(67-68(60,61)62)52(58)50(46-56)66-55)47-63-45-43-41-39-37-35-33-31-20-18-16-14-12-10-8-6-4-2/h6,8,12,14-15,17-18,20-22,49-50,52-56,58-59H,3-5,7,9-11,13,16,19,23-48H2,1-2H3,(H,60,61,62)/b8-6-,14-12-,17-15-,20-18-,22-21-. The van der Waals surface area contributed by atoms with Crippen LogP contribution < -0.4 is 0 Å². The van der Waals surface area contributed by atoms with Gasteiger partial charge in [0.25, 0.3) is 0 Å².